The largest absolute Gasteiger partial charge is 0.338 e. The number of hydrogen-bond donors (Lipinski definition) is 1. The van der Waals surface area contributed by atoms with Crippen LogP contribution in [0.25, 0.3) is 0 Å². The van der Waals surface area contributed by atoms with Crippen molar-refractivity contribution < 1.29 is 4.79 Å². The van der Waals surface area contributed by atoms with E-state index in [1.807, 2.05) is 11.0 Å². The molecular formula is C12H14ClIN2O. The lowest BCUT2D eigenvalue weighted by atomic mass is 10.0. The zero-order chi connectivity index (χ0) is 12.4. The van der Waals surface area contributed by atoms with E-state index in [1.165, 1.54) is 0 Å². The van der Waals surface area contributed by atoms with Crippen molar-refractivity contribution in [1.29, 1.82) is 0 Å². The van der Waals surface area contributed by atoms with Crippen molar-refractivity contribution >= 4 is 40.1 Å². The van der Waals surface area contributed by atoms with Crippen molar-refractivity contribution in [2.75, 3.05) is 13.1 Å². The van der Waals surface area contributed by atoms with Gasteiger partial charge in [-0.2, -0.15) is 0 Å². The van der Waals surface area contributed by atoms with Crippen LogP contribution in [0.5, 0.6) is 0 Å². The molecule has 1 aromatic rings. The molecule has 1 aliphatic rings. The van der Waals surface area contributed by atoms with E-state index in [9.17, 15) is 4.79 Å². The number of nitrogens with zero attached hydrogens (tertiary/aromatic N) is 1. The van der Waals surface area contributed by atoms with Crippen molar-refractivity contribution in [1.82, 2.24) is 4.90 Å². The number of carbonyl (C=O) groups excluding carboxylic acids is 1. The zero-order valence-corrected chi connectivity index (χ0v) is 12.2. The summed E-state index contributed by atoms with van der Waals surface area (Å²) in [5, 5.41) is 0.600. The second-order valence-corrected chi connectivity index (χ2v) is 5.85. The number of amides is 1. The van der Waals surface area contributed by atoms with Crippen molar-refractivity contribution in [2.24, 2.45) is 5.73 Å². The first-order valence-electron chi connectivity index (χ1n) is 5.58. The van der Waals surface area contributed by atoms with Crippen molar-refractivity contribution in [2.45, 2.75) is 18.9 Å². The first kappa shape index (κ1) is 13.1. The Bertz CT molecular complexity index is 431. The molecule has 0 unspecified atom stereocenters. The average molecular weight is 365 g/mol. The van der Waals surface area contributed by atoms with E-state index in [4.69, 9.17) is 17.3 Å². The monoisotopic (exact) mass is 364 g/mol. The average Bonchev–Trinajstić information content (AvgIpc) is 2.32. The highest BCUT2D eigenvalue weighted by Crippen LogP contribution is 2.21. The molecule has 0 spiro atoms. The van der Waals surface area contributed by atoms with Gasteiger partial charge in [-0.05, 0) is 53.6 Å². The molecule has 17 heavy (non-hydrogen) atoms. The summed E-state index contributed by atoms with van der Waals surface area (Å²) < 4.78 is 0.937. The van der Waals surface area contributed by atoms with E-state index >= 15 is 0 Å². The summed E-state index contributed by atoms with van der Waals surface area (Å²) in [6.45, 7) is 1.48. The van der Waals surface area contributed by atoms with Crippen LogP contribution >= 0.6 is 34.2 Å². The Morgan fingerprint density at radius 1 is 1.41 bits per heavy atom. The van der Waals surface area contributed by atoms with Crippen LogP contribution in [0.2, 0.25) is 5.02 Å². The van der Waals surface area contributed by atoms with Gasteiger partial charge in [0.05, 0.1) is 5.56 Å². The SMILES string of the molecule is NC1CCN(C(=O)c2cc(Cl)ccc2I)CC1. The summed E-state index contributed by atoms with van der Waals surface area (Å²) in [6, 6.07) is 5.63. The quantitative estimate of drug-likeness (QED) is 0.778. The van der Waals surface area contributed by atoms with Gasteiger partial charge in [0.25, 0.3) is 5.91 Å². The van der Waals surface area contributed by atoms with E-state index in [2.05, 4.69) is 22.6 Å². The third-order valence-electron chi connectivity index (χ3n) is 2.99. The van der Waals surface area contributed by atoms with E-state index in [-0.39, 0.29) is 11.9 Å². The topological polar surface area (TPSA) is 46.3 Å². The lowest BCUT2D eigenvalue weighted by Gasteiger charge is -2.30. The number of piperidine rings is 1. The smallest absolute Gasteiger partial charge is 0.254 e. The Balaban J connectivity index is 2.16. The van der Waals surface area contributed by atoms with Crippen LogP contribution in [0.4, 0.5) is 0 Å². The number of rotatable bonds is 1. The molecule has 5 heteroatoms. The van der Waals surface area contributed by atoms with Crippen LogP contribution in [0.15, 0.2) is 18.2 Å². The molecule has 0 saturated carbocycles. The van der Waals surface area contributed by atoms with Gasteiger partial charge in [0.1, 0.15) is 0 Å². The van der Waals surface area contributed by atoms with Crippen LogP contribution in [0, 0.1) is 3.57 Å². The third kappa shape index (κ3) is 3.11. The Hall–Kier alpha value is -0.330. The maximum atomic E-state index is 12.3. The second-order valence-electron chi connectivity index (χ2n) is 4.25. The molecule has 1 amide bonds. The van der Waals surface area contributed by atoms with Gasteiger partial charge >= 0.3 is 0 Å². The van der Waals surface area contributed by atoms with Crippen molar-refractivity contribution in [3.63, 3.8) is 0 Å². The van der Waals surface area contributed by atoms with E-state index in [0.29, 0.717) is 10.6 Å². The molecule has 1 aromatic carbocycles. The van der Waals surface area contributed by atoms with Crippen LogP contribution < -0.4 is 5.73 Å². The van der Waals surface area contributed by atoms with Gasteiger partial charge in [-0.25, -0.2) is 0 Å². The number of halogens is 2. The van der Waals surface area contributed by atoms with E-state index in [1.54, 1.807) is 12.1 Å². The Morgan fingerprint density at radius 3 is 2.71 bits per heavy atom. The fourth-order valence-electron chi connectivity index (χ4n) is 1.93. The van der Waals surface area contributed by atoms with Gasteiger partial charge in [-0.1, -0.05) is 11.6 Å². The van der Waals surface area contributed by atoms with Gasteiger partial charge in [0, 0.05) is 27.7 Å². The Morgan fingerprint density at radius 2 is 2.06 bits per heavy atom. The summed E-state index contributed by atoms with van der Waals surface area (Å²) in [7, 11) is 0. The van der Waals surface area contributed by atoms with Gasteiger partial charge in [0.2, 0.25) is 0 Å². The Labute approximate surface area is 119 Å². The minimum atomic E-state index is 0.0591. The molecule has 0 bridgehead atoms. The van der Waals surface area contributed by atoms with Crippen molar-refractivity contribution in [3.05, 3.63) is 32.4 Å². The molecule has 0 aliphatic carbocycles. The first-order valence-corrected chi connectivity index (χ1v) is 7.03. The van der Waals surface area contributed by atoms with Gasteiger partial charge in [-0.15, -0.1) is 0 Å². The predicted molar refractivity (Wildman–Crippen MR) is 77.3 cm³/mol. The van der Waals surface area contributed by atoms with Crippen LogP contribution in [0.1, 0.15) is 23.2 Å². The van der Waals surface area contributed by atoms with E-state index < -0.39 is 0 Å². The standard InChI is InChI=1S/C12H14ClIN2O/c13-8-1-2-11(14)10(7-8)12(17)16-5-3-9(15)4-6-16/h1-2,7,9H,3-6,15H2. The number of nitrogens with two attached hydrogens (primary N) is 1. The highest BCUT2D eigenvalue weighted by Gasteiger charge is 2.23. The lowest BCUT2D eigenvalue weighted by molar-refractivity contribution is 0.0713. The maximum absolute atomic E-state index is 12.3. The molecule has 2 rings (SSSR count). The zero-order valence-electron chi connectivity index (χ0n) is 9.33. The fraction of sp³-hybridized carbons (Fsp3) is 0.417. The summed E-state index contributed by atoms with van der Waals surface area (Å²) >= 11 is 8.09. The third-order valence-corrected chi connectivity index (χ3v) is 4.16. The molecule has 0 atom stereocenters. The van der Waals surface area contributed by atoms with Crippen LogP contribution in [-0.2, 0) is 0 Å². The second kappa shape index (κ2) is 5.54. The number of likely N-dealkylation sites (tertiary alicyclic amines) is 1. The van der Waals surface area contributed by atoms with Crippen LogP contribution in [0.3, 0.4) is 0 Å². The normalized spacial score (nSPS) is 17.2. The number of benzene rings is 1. The summed E-state index contributed by atoms with van der Waals surface area (Å²) in [6.07, 6.45) is 1.76. The highest BCUT2D eigenvalue weighted by molar-refractivity contribution is 14.1. The molecule has 1 fully saturated rings. The summed E-state index contributed by atoms with van der Waals surface area (Å²) in [5.41, 5.74) is 6.52. The molecule has 92 valence electrons. The minimum absolute atomic E-state index is 0.0591. The van der Waals surface area contributed by atoms with Crippen LogP contribution in [-0.4, -0.2) is 29.9 Å². The minimum Gasteiger partial charge on any atom is -0.338 e. The first-order chi connectivity index (χ1) is 8.08. The molecule has 2 N–H and O–H groups in total. The summed E-state index contributed by atoms with van der Waals surface area (Å²) in [4.78, 5) is 14.2. The van der Waals surface area contributed by atoms with Gasteiger partial charge in [0.15, 0.2) is 0 Å². The van der Waals surface area contributed by atoms with Gasteiger partial charge < -0.3 is 10.6 Å². The molecule has 1 saturated heterocycles. The molecule has 0 radical (unpaired) electrons. The molecule has 1 heterocycles. The van der Waals surface area contributed by atoms with Gasteiger partial charge in [-0.3, -0.25) is 4.79 Å². The Kier molecular flexibility index (Phi) is 4.27. The highest BCUT2D eigenvalue weighted by atomic mass is 127. The molecule has 3 nitrogen and oxygen atoms in total. The van der Waals surface area contributed by atoms with E-state index in [0.717, 1.165) is 29.5 Å². The molecule has 1 aliphatic heterocycles. The predicted octanol–water partition coefficient (Wildman–Crippen LogP) is 2.51. The number of hydrogen-bond acceptors (Lipinski definition) is 2. The number of carbonyl (C=O) groups is 1. The lowest BCUT2D eigenvalue weighted by Crippen LogP contribution is -2.43. The summed E-state index contributed by atoms with van der Waals surface area (Å²) in [5.74, 6) is 0.0591. The molecular weight excluding hydrogens is 351 g/mol. The molecule has 0 aromatic heterocycles. The fourth-order valence-corrected chi connectivity index (χ4v) is 2.67. The maximum Gasteiger partial charge on any atom is 0.254 e. The van der Waals surface area contributed by atoms with Crippen molar-refractivity contribution in [3.8, 4) is 0 Å².